The Morgan fingerprint density at radius 1 is 1.22 bits per heavy atom. The molecule has 3 heteroatoms. The van der Waals surface area contributed by atoms with Crippen LogP contribution in [0.15, 0.2) is 12.1 Å². The number of benzene rings is 1. The van der Waals surface area contributed by atoms with Crippen molar-refractivity contribution in [2.24, 2.45) is 5.92 Å². The maximum absolute atomic E-state index is 13.9. The minimum atomic E-state index is -0.487. The average molecular weight is 253 g/mol. The van der Waals surface area contributed by atoms with Crippen molar-refractivity contribution in [3.63, 3.8) is 0 Å². The molecule has 0 radical (unpaired) electrons. The number of rotatable bonds is 3. The SMILES string of the molecule is CCC1CCCCC1Nc1c(F)ccc(C)c1F. The summed E-state index contributed by atoms with van der Waals surface area (Å²) in [6.45, 7) is 3.81. The molecule has 1 aromatic rings. The lowest BCUT2D eigenvalue weighted by Crippen LogP contribution is -2.32. The van der Waals surface area contributed by atoms with Crippen molar-refractivity contribution >= 4 is 5.69 Å². The van der Waals surface area contributed by atoms with Gasteiger partial charge in [-0.3, -0.25) is 0 Å². The Hall–Kier alpha value is -1.12. The molecule has 0 bridgehead atoms. The Morgan fingerprint density at radius 2 is 1.94 bits per heavy atom. The first kappa shape index (κ1) is 13.3. The number of hydrogen-bond acceptors (Lipinski definition) is 1. The molecule has 2 unspecified atom stereocenters. The Morgan fingerprint density at radius 3 is 2.67 bits per heavy atom. The molecule has 0 spiro atoms. The van der Waals surface area contributed by atoms with Crippen LogP contribution in [-0.2, 0) is 0 Å². The highest BCUT2D eigenvalue weighted by Gasteiger charge is 2.25. The monoisotopic (exact) mass is 253 g/mol. The molecule has 100 valence electrons. The minimum absolute atomic E-state index is 0.0559. The minimum Gasteiger partial charge on any atom is -0.377 e. The summed E-state index contributed by atoms with van der Waals surface area (Å²) in [6, 6.07) is 3.02. The van der Waals surface area contributed by atoms with Crippen LogP contribution in [0.1, 0.15) is 44.6 Å². The first-order valence-electron chi connectivity index (χ1n) is 6.84. The van der Waals surface area contributed by atoms with E-state index in [-0.39, 0.29) is 11.7 Å². The highest BCUT2D eigenvalue weighted by atomic mass is 19.1. The molecule has 18 heavy (non-hydrogen) atoms. The predicted octanol–water partition coefficient (Wildman–Crippen LogP) is 4.65. The Bertz CT molecular complexity index is 417. The number of aryl methyl sites for hydroxylation is 1. The van der Waals surface area contributed by atoms with Crippen molar-refractivity contribution in [1.29, 1.82) is 0 Å². The van der Waals surface area contributed by atoms with E-state index in [2.05, 4.69) is 12.2 Å². The van der Waals surface area contributed by atoms with Crippen LogP contribution in [0.2, 0.25) is 0 Å². The summed E-state index contributed by atoms with van der Waals surface area (Å²) in [6.07, 6.45) is 5.60. The van der Waals surface area contributed by atoms with Gasteiger partial charge in [0, 0.05) is 6.04 Å². The van der Waals surface area contributed by atoms with E-state index in [1.165, 1.54) is 18.6 Å². The van der Waals surface area contributed by atoms with Crippen molar-refractivity contribution in [3.05, 3.63) is 29.3 Å². The lowest BCUT2D eigenvalue weighted by atomic mass is 9.82. The molecule has 1 aliphatic carbocycles. The zero-order chi connectivity index (χ0) is 13.1. The average Bonchev–Trinajstić information content (AvgIpc) is 2.39. The molecule has 1 fully saturated rings. The highest BCUT2D eigenvalue weighted by Crippen LogP contribution is 2.31. The molecule has 2 rings (SSSR count). The Kier molecular flexibility index (Phi) is 4.20. The third-order valence-electron chi connectivity index (χ3n) is 4.05. The molecule has 1 aliphatic rings. The van der Waals surface area contributed by atoms with Gasteiger partial charge in [-0.2, -0.15) is 0 Å². The molecule has 0 saturated heterocycles. The predicted molar refractivity (Wildman–Crippen MR) is 70.8 cm³/mol. The fraction of sp³-hybridized carbons (Fsp3) is 0.600. The first-order chi connectivity index (χ1) is 8.63. The zero-order valence-corrected chi connectivity index (χ0v) is 11.1. The molecule has 0 aromatic heterocycles. The second-order valence-electron chi connectivity index (χ2n) is 5.26. The van der Waals surface area contributed by atoms with Crippen molar-refractivity contribution in [2.45, 2.75) is 52.0 Å². The van der Waals surface area contributed by atoms with Crippen LogP contribution in [0, 0.1) is 24.5 Å². The molecule has 0 heterocycles. The van der Waals surface area contributed by atoms with Crippen LogP contribution in [0.5, 0.6) is 0 Å². The molecule has 1 nitrogen and oxygen atoms in total. The van der Waals surface area contributed by atoms with Gasteiger partial charge in [-0.25, -0.2) is 8.78 Å². The van der Waals surface area contributed by atoms with E-state index < -0.39 is 11.6 Å². The molecular weight excluding hydrogens is 232 g/mol. The van der Waals surface area contributed by atoms with Crippen LogP contribution in [0.4, 0.5) is 14.5 Å². The lowest BCUT2D eigenvalue weighted by molar-refractivity contribution is 0.315. The van der Waals surface area contributed by atoms with Gasteiger partial charge in [0.2, 0.25) is 0 Å². The van der Waals surface area contributed by atoms with Gasteiger partial charge in [0.1, 0.15) is 11.5 Å². The normalized spacial score (nSPS) is 24.0. The van der Waals surface area contributed by atoms with Crippen molar-refractivity contribution in [1.82, 2.24) is 0 Å². The summed E-state index contributed by atoms with van der Waals surface area (Å²) >= 11 is 0. The van der Waals surface area contributed by atoms with Crippen LogP contribution >= 0.6 is 0 Å². The van der Waals surface area contributed by atoms with Gasteiger partial charge in [-0.05, 0) is 37.3 Å². The topological polar surface area (TPSA) is 12.0 Å². The van der Waals surface area contributed by atoms with E-state index in [1.54, 1.807) is 6.92 Å². The van der Waals surface area contributed by atoms with Gasteiger partial charge in [0.15, 0.2) is 5.82 Å². The number of nitrogens with one attached hydrogen (secondary N) is 1. The molecule has 1 N–H and O–H groups in total. The smallest absolute Gasteiger partial charge is 0.152 e. The molecule has 1 saturated carbocycles. The molecule has 0 aliphatic heterocycles. The lowest BCUT2D eigenvalue weighted by Gasteiger charge is -2.32. The van der Waals surface area contributed by atoms with E-state index in [9.17, 15) is 8.78 Å². The Labute approximate surface area is 108 Å². The second kappa shape index (κ2) is 5.68. The van der Waals surface area contributed by atoms with Crippen LogP contribution in [-0.4, -0.2) is 6.04 Å². The van der Waals surface area contributed by atoms with E-state index in [4.69, 9.17) is 0 Å². The van der Waals surface area contributed by atoms with Gasteiger partial charge < -0.3 is 5.32 Å². The van der Waals surface area contributed by atoms with E-state index in [0.717, 1.165) is 25.7 Å². The molecular formula is C15H21F2N. The summed E-state index contributed by atoms with van der Waals surface area (Å²) < 4.78 is 27.7. The van der Waals surface area contributed by atoms with Crippen LogP contribution < -0.4 is 5.32 Å². The van der Waals surface area contributed by atoms with E-state index in [0.29, 0.717) is 11.5 Å². The van der Waals surface area contributed by atoms with E-state index >= 15 is 0 Å². The van der Waals surface area contributed by atoms with Crippen LogP contribution in [0.3, 0.4) is 0 Å². The van der Waals surface area contributed by atoms with Gasteiger partial charge >= 0.3 is 0 Å². The summed E-state index contributed by atoms with van der Waals surface area (Å²) in [4.78, 5) is 0. The number of halogens is 2. The number of anilines is 1. The van der Waals surface area contributed by atoms with Gasteiger partial charge in [0.05, 0.1) is 0 Å². The number of hydrogen-bond donors (Lipinski definition) is 1. The maximum atomic E-state index is 13.9. The largest absolute Gasteiger partial charge is 0.377 e. The fourth-order valence-electron chi connectivity index (χ4n) is 2.86. The summed E-state index contributed by atoms with van der Waals surface area (Å²) in [5.74, 6) is -0.410. The van der Waals surface area contributed by atoms with Gasteiger partial charge in [0.25, 0.3) is 0 Å². The third kappa shape index (κ3) is 2.65. The summed E-state index contributed by atoms with van der Waals surface area (Å²) in [5, 5.41) is 3.11. The summed E-state index contributed by atoms with van der Waals surface area (Å²) in [5.41, 5.74) is 0.545. The standard InChI is InChI=1S/C15H21F2N/c1-3-11-6-4-5-7-13(11)18-15-12(16)9-8-10(2)14(15)17/h8-9,11,13,18H,3-7H2,1-2H3. The zero-order valence-electron chi connectivity index (χ0n) is 11.1. The van der Waals surface area contributed by atoms with E-state index in [1.807, 2.05) is 0 Å². The van der Waals surface area contributed by atoms with Crippen LogP contribution in [0.25, 0.3) is 0 Å². The Balaban J connectivity index is 2.20. The molecule has 2 atom stereocenters. The van der Waals surface area contributed by atoms with Gasteiger partial charge in [-0.15, -0.1) is 0 Å². The first-order valence-corrected chi connectivity index (χ1v) is 6.84. The van der Waals surface area contributed by atoms with Crippen molar-refractivity contribution in [3.8, 4) is 0 Å². The highest BCUT2D eigenvalue weighted by molar-refractivity contribution is 5.49. The maximum Gasteiger partial charge on any atom is 0.152 e. The third-order valence-corrected chi connectivity index (χ3v) is 4.05. The fourth-order valence-corrected chi connectivity index (χ4v) is 2.86. The molecule has 0 amide bonds. The molecule has 1 aromatic carbocycles. The van der Waals surface area contributed by atoms with Crippen molar-refractivity contribution < 1.29 is 8.78 Å². The van der Waals surface area contributed by atoms with Crippen molar-refractivity contribution in [2.75, 3.05) is 5.32 Å². The summed E-state index contributed by atoms with van der Waals surface area (Å²) in [7, 11) is 0. The quantitative estimate of drug-likeness (QED) is 0.826. The van der Waals surface area contributed by atoms with Gasteiger partial charge in [-0.1, -0.05) is 32.3 Å². The second-order valence-corrected chi connectivity index (χ2v) is 5.26.